The Morgan fingerprint density at radius 1 is 1.28 bits per heavy atom. The average Bonchev–Trinajstić information content (AvgIpc) is 2.73. The zero-order valence-corrected chi connectivity index (χ0v) is 17.0. The molecule has 6 heteroatoms. The van der Waals surface area contributed by atoms with Crippen LogP contribution in [0.2, 0.25) is 5.02 Å². The maximum absolute atomic E-state index is 12.6. The summed E-state index contributed by atoms with van der Waals surface area (Å²) in [7, 11) is 0. The molecule has 1 amide bonds. The van der Waals surface area contributed by atoms with Crippen molar-refractivity contribution < 1.29 is 19.4 Å². The summed E-state index contributed by atoms with van der Waals surface area (Å²) in [4.78, 5) is 25.3. The molecule has 0 bridgehead atoms. The molecule has 1 aliphatic rings. The molecule has 0 atom stereocenters. The van der Waals surface area contributed by atoms with Crippen LogP contribution in [0.3, 0.4) is 0 Å². The molecule has 5 nitrogen and oxygen atoms in total. The third-order valence-corrected chi connectivity index (χ3v) is 5.30. The minimum Gasteiger partial charge on any atom is -0.493 e. The standard InChI is InChI=1S/C23H23ClNO4/c1-2-29-20-9-4-3-7-18(20)22-16(6-5-8-19(22)24)10-11-21(26)25-14-12-17(13-15-25)23(27)28/h3-7,9-11,17H,2,12-15H2,1H3,(H,27,28)/b11-10+. The van der Waals surface area contributed by atoms with Crippen LogP contribution in [0.4, 0.5) is 0 Å². The van der Waals surface area contributed by atoms with Crippen molar-refractivity contribution in [2.75, 3.05) is 19.7 Å². The Morgan fingerprint density at radius 3 is 2.69 bits per heavy atom. The Bertz CT molecular complexity index is 917. The SMILES string of the molecule is CCOc1ccccc1-c1c(Cl)[c]ccc1/C=C/C(=O)N1CCC(C(=O)O)CC1. The van der Waals surface area contributed by atoms with Gasteiger partial charge in [-0.15, -0.1) is 0 Å². The number of halogens is 1. The molecule has 0 saturated carbocycles. The molecule has 2 aromatic rings. The van der Waals surface area contributed by atoms with Gasteiger partial charge in [-0.2, -0.15) is 0 Å². The van der Waals surface area contributed by atoms with E-state index in [-0.39, 0.29) is 11.8 Å². The van der Waals surface area contributed by atoms with E-state index in [1.54, 1.807) is 17.0 Å². The van der Waals surface area contributed by atoms with Crippen LogP contribution < -0.4 is 4.74 Å². The first-order valence-corrected chi connectivity index (χ1v) is 10.0. The highest BCUT2D eigenvalue weighted by Gasteiger charge is 2.26. The van der Waals surface area contributed by atoms with Gasteiger partial charge >= 0.3 is 5.97 Å². The Kier molecular flexibility index (Phi) is 6.94. The smallest absolute Gasteiger partial charge is 0.306 e. The fourth-order valence-electron chi connectivity index (χ4n) is 3.47. The van der Waals surface area contributed by atoms with Crippen molar-refractivity contribution >= 4 is 29.6 Å². The molecule has 3 rings (SSSR count). The van der Waals surface area contributed by atoms with Crippen LogP contribution in [0.1, 0.15) is 25.3 Å². The number of benzene rings is 2. The Morgan fingerprint density at radius 2 is 2.00 bits per heavy atom. The van der Waals surface area contributed by atoms with Crippen molar-refractivity contribution in [2.24, 2.45) is 5.92 Å². The summed E-state index contributed by atoms with van der Waals surface area (Å²) in [6.07, 6.45) is 4.21. The molecular formula is C23H23ClNO4. The first kappa shape index (κ1) is 20.9. The van der Waals surface area contributed by atoms with E-state index in [1.807, 2.05) is 37.3 Å². The molecule has 151 valence electrons. The molecule has 29 heavy (non-hydrogen) atoms. The maximum Gasteiger partial charge on any atom is 0.306 e. The van der Waals surface area contributed by atoms with Crippen LogP contribution in [0.25, 0.3) is 17.2 Å². The number of carbonyl (C=O) groups excluding carboxylic acids is 1. The molecule has 0 aromatic heterocycles. The van der Waals surface area contributed by atoms with E-state index in [0.29, 0.717) is 43.3 Å². The summed E-state index contributed by atoms with van der Waals surface area (Å²) < 4.78 is 5.73. The van der Waals surface area contributed by atoms with Crippen molar-refractivity contribution in [3.8, 4) is 16.9 Å². The lowest BCUT2D eigenvalue weighted by Gasteiger charge is -2.29. The summed E-state index contributed by atoms with van der Waals surface area (Å²) >= 11 is 6.45. The van der Waals surface area contributed by atoms with Crippen LogP contribution >= 0.6 is 11.6 Å². The quantitative estimate of drug-likeness (QED) is 0.707. The van der Waals surface area contributed by atoms with Gasteiger partial charge in [0.05, 0.1) is 17.5 Å². The normalized spacial score (nSPS) is 14.9. The van der Waals surface area contributed by atoms with Crippen molar-refractivity contribution in [2.45, 2.75) is 19.8 Å². The molecule has 1 radical (unpaired) electrons. The lowest BCUT2D eigenvalue weighted by atomic mass is 9.96. The average molecular weight is 413 g/mol. The van der Waals surface area contributed by atoms with Gasteiger partial charge in [-0.25, -0.2) is 0 Å². The van der Waals surface area contributed by atoms with Gasteiger partial charge in [-0.05, 0) is 37.5 Å². The number of aliphatic carboxylic acids is 1. The summed E-state index contributed by atoms with van der Waals surface area (Å²) in [6.45, 7) is 3.34. The highest BCUT2D eigenvalue weighted by atomic mass is 35.5. The fraction of sp³-hybridized carbons (Fsp3) is 0.304. The first-order chi connectivity index (χ1) is 14.0. The Hall–Kier alpha value is -2.79. The van der Waals surface area contributed by atoms with E-state index in [4.69, 9.17) is 21.4 Å². The zero-order chi connectivity index (χ0) is 20.8. The number of para-hydroxylation sites is 1. The van der Waals surface area contributed by atoms with Crippen LogP contribution in [0, 0.1) is 12.0 Å². The molecule has 1 saturated heterocycles. The number of carboxylic acid groups (broad SMARTS) is 1. The second-order valence-corrected chi connectivity index (χ2v) is 7.20. The second-order valence-electron chi connectivity index (χ2n) is 6.82. The van der Waals surface area contributed by atoms with Crippen molar-refractivity contribution in [1.82, 2.24) is 4.90 Å². The summed E-state index contributed by atoms with van der Waals surface area (Å²) in [5.74, 6) is -0.580. The number of piperidine rings is 1. The molecule has 0 aliphatic carbocycles. The number of likely N-dealkylation sites (tertiary alicyclic amines) is 1. The Balaban J connectivity index is 1.83. The van der Waals surface area contributed by atoms with Gasteiger partial charge in [-0.3, -0.25) is 9.59 Å². The number of hydrogen-bond donors (Lipinski definition) is 1. The second kappa shape index (κ2) is 9.61. The molecule has 0 unspecified atom stereocenters. The lowest BCUT2D eigenvalue weighted by Crippen LogP contribution is -2.39. The number of carboxylic acids is 1. The largest absolute Gasteiger partial charge is 0.493 e. The van der Waals surface area contributed by atoms with Gasteiger partial charge in [0, 0.05) is 36.4 Å². The third kappa shape index (κ3) is 4.98. The first-order valence-electron chi connectivity index (χ1n) is 9.63. The van der Waals surface area contributed by atoms with Crippen molar-refractivity contribution in [1.29, 1.82) is 0 Å². The lowest BCUT2D eigenvalue weighted by molar-refractivity contribution is -0.144. The molecule has 1 fully saturated rings. The number of carbonyl (C=O) groups is 2. The summed E-state index contributed by atoms with van der Waals surface area (Å²) in [5.41, 5.74) is 2.38. The minimum absolute atomic E-state index is 0.137. The van der Waals surface area contributed by atoms with Gasteiger partial charge in [0.2, 0.25) is 5.91 Å². The maximum atomic E-state index is 12.6. The number of nitrogens with zero attached hydrogens (tertiary/aromatic N) is 1. The predicted octanol–water partition coefficient (Wildman–Crippen LogP) is 4.54. The van der Waals surface area contributed by atoms with E-state index in [9.17, 15) is 9.59 Å². The number of ether oxygens (including phenoxy) is 1. The predicted molar refractivity (Wildman–Crippen MR) is 113 cm³/mol. The highest BCUT2D eigenvalue weighted by Crippen LogP contribution is 2.37. The topological polar surface area (TPSA) is 66.8 Å². The van der Waals surface area contributed by atoms with Gasteiger partial charge in [0.15, 0.2) is 0 Å². The van der Waals surface area contributed by atoms with E-state index < -0.39 is 5.97 Å². The number of amides is 1. The molecule has 0 spiro atoms. The van der Waals surface area contributed by atoms with Gasteiger partial charge in [0.25, 0.3) is 0 Å². The summed E-state index contributed by atoms with van der Waals surface area (Å²) in [5, 5.41) is 9.55. The number of hydrogen-bond acceptors (Lipinski definition) is 3. The monoisotopic (exact) mass is 412 g/mol. The Labute approximate surface area is 175 Å². The molecular weight excluding hydrogens is 390 g/mol. The van der Waals surface area contributed by atoms with E-state index in [2.05, 4.69) is 6.07 Å². The molecule has 1 aliphatic heterocycles. The zero-order valence-electron chi connectivity index (χ0n) is 16.2. The van der Waals surface area contributed by atoms with E-state index in [0.717, 1.165) is 16.7 Å². The third-order valence-electron chi connectivity index (χ3n) is 5.00. The van der Waals surface area contributed by atoms with Crippen LogP contribution in [-0.4, -0.2) is 41.6 Å². The van der Waals surface area contributed by atoms with E-state index >= 15 is 0 Å². The molecule has 1 N–H and O–H groups in total. The summed E-state index contributed by atoms with van der Waals surface area (Å²) in [6, 6.07) is 14.2. The molecule has 1 heterocycles. The van der Waals surface area contributed by atoms with Gasteiger partial charge in [0.1, 0.15) is 5.75 Å². The number of rotatable bonds is 6. The highest BCUT2D eigenvalue weighted by molar-refractivity contribution is 6.33. The van der Waals surface area contributed by atoms with Crippen LogP contribution in [-0.2, 0) is 9.59 Å². The minimum atomic E-state index is -0.791. The molecule has 2 aromatic carbocycles. The van der Waals surface area contributed by atoms with Crippen molar-refractivity contribution in [3.63, 3.8) is 0 Å². The fourth-order valence-corrected chi connectivity index (χ4v) is 3.74. The van der Waals surface area contributed by atoms with E-state index in [1.165, 1.54) is 6.08 Å². The van der Waals surface area contributed by atoms with Crippen LogP contribution in [0.5, 0.6) is 5.75 Å². The van der Waals surface area contributed by atoms with Crippen LogP contribution in [0.15, 0.2) is 42.5 Å². The van der Waals surface area contributed by atoms with Crippen molar-refractivity contribution in [3.05, 3.63) is 59.1 Å². The van der Waals surface area contributed by atoms with Gasteiger partial charge in [-0.1, -0.05) is 41.9 Å². The van der Waals surface area contributed by atoms with Gasteiger partial charge < -0.3 is 14.7 Å².